The average Bonchev–Trinajstić information content (AvgIpc) is 2.88. The van der Waals surface area contributed by atoms with Crippen LogP contribution in [0.5, 0.6) is 0 Å². The second kappa shape index (κ2) is 6.08. The van der Waals surface area contributed by atoms with Crippen LogP contribution in [0.4, 0.5) is 0 Å². The van der Waals surface area contributed by atoms with Gasteiger partial charge in [0.15, 0.2) is 11.2 Å². The van der Waals surface area contributed by atoms with Crippen molar-refractivity contribution in [3.63, 3.8) is 0 Å². The number of hydrogen-bond donors (Lipinski definition) is 0. The van der Waals surface area contributed by atoms with Gasteiger partial charge in [0.25, 0.3) is 5.56 Å². The maximum atomic E-state index is 12.7. The molecule has 3 heterocycles. The van der Waals surface area contributed by atoms with E-state index in [0.717, 1.165) is 23.8 Å². The Bertz CT molecular complexity index is 926. The van der Waals surface area contributed by atoms with Crippen LogP contribution in [0.3, 0.4) is 0 Å². The second-order valence-corrected chi connectivity index (χ2v) is 6.61. The molecule has 1 aliphatic rings. The monoisotopic (exact) mass is 353 g/mol. The molecule has 1 fully saturated rings. The van der Waals surface area contributed by atoms with Gasteiger partial charge in [0.2, 0.25) is 11.2 Å². The van der Waals surface area contributed by atoms with Crippen LogP contribution in [0.1, 0.15) is 26.2 Å². The molecule has 2 aromatic heterocycles. The topological polar surface area (TPSA) is 82.1 Å². The van der Waals surface area contributed by atoms with Crippen molar-refractivity contribution < 1.29 is 4.79 Å². The Kier molecular flexibility index (Phi) is 4.25. The van der Waals surface area contributed by atoms with Gasteiger partial charge < -0.3 is 4.90 Å². The van der Waals surface area contributed by atoms with E-state index in [2.05, 4.69) is 4.98 Å². The number of likely N-dealkylation sites (tertiary alicyclic amines) is 1. The average molecular weight is 354 g/mol. The molecule has 130 valence electrons. The molecule has 0 spiro atoms. The highest BCUT2D eigenvalue weighted by atomic mass is 35.5. The predicted octanol–water partition coefficient (Wildman–Crippen LogP) is 0.488. The van der Waals surface area contributed by atoms with Gasteiger partial charge in [-0.25, -0.2) is 4.79 Å². The molecule has 0 unspecified atom stereocenters. The fourth-order valence-electron chi connectivity index (χ4n) is 3.26. The van der Waals surface area contributed by atoms with Gasteiger partial charge >= 0.3 is 5.69 Å². The van der Waals surface area contributed by atoms with E-state index in [4.69, 9.17) is 11.6 Å². The number of aromatic nitrogens is 4. The van der Waals surface area contributed by atoms with E-state index >= 15 is 0 Å². The number of fused-ring (bicyclic) bond motifs is 1. The number of rotatable bonds is 2. The molecule has 1 aliphatic heterocycles. The highest BCUT2D eigenvalue weighted by molar-refractivity contribution is 6.29. The molecule has 0 aliphatic carbocycles. The van der Waals surface area contributed by atoms with Gasteiger partial charge in [-0.1, -0.05) is 0 Å². The van der Waals surface area contributed by atoms with Crippen LogP contribution in [0.25, 0.3) is 11.2 Å². The summed E-state index contributed by atoms with van der Waals surface area (Å²) in [7, 11) is 2.91. The number of amides is 1. The van der Waals surface area contributed by atoms with Gasteiger partial charge in [0, 0.05) is 26.7 Å². The van der Waals surface area contributed by atoms with Crippen LogP contribution in [0, 0.1) is 0 Å². The number of halogens is 1. The number of piperidine rings is 1. The third-order valence-corrected chi connectivity index (χ3v) is 5.01. The summed E-state index contributed by atoms with van der Waals surface area (Å²) in [5, 5.41) is 0.0290. The zero-order valence-electron chi connectivity index (χ0n) is 14.0. The van der Waals surface area contributed by atoms with Crippen LogP contribution >= 0.6 is 11.6 Å². The summed E-state index contributed by atoms with van der Waals surface area (Å²) in [4.78, 5) is 43.0. The van der Waals surface area contributed by atoms with Crippen molar-refractivity contribution >= 4 is 28.7 Å². The molecule has 1 amide bonds. The van der Waals surface area contributed by atoms with E-state index in [-0.39, 0.29) is 34.9 Å². The highest BCUT2D eigenvalue weighted by Gasteiger charge is 2.26. The molecule has 2 aromatic rings. The quantitative estimate of drug-likeness (QED) is 0.736. The normalized spacial score (nSPS) is 18.3. The number of aryl methyl sites for hydroxylation is 1. The van der Waals surface area contributed by atoms with E-state index in [0.29, 0.717) is 6.54 Å². The van der Waals surface area contributed by atoms with Gasteiger partial charge in [0.1, 0.15) is 6.54 Å². The summed E-state index contributed by atoms with van der Waals surface area (Å²) in [6.45, 7) is 2.67. The third-order valence-electron chi connectivity index (χ3n) is 4.72. The van der Waals surface area contributed by atoms with Crippen molar-refractivity contribution in [3.05, 3.63) is 26.1 Å². The summed E-state index contributed by atoms with van der Waals surface area (Å²) >= 11 is 6.15. The van der Waals surface area contributed by atoms with E-state index < -0.39 is 11.2 Å². The predicted molar refractivity (Wildman–Crippen MR) is 90.3 cm³/mol. The number of imidazole rings is 1. The molecule has 1 atom stereocenters. The fourth-order valence-corrected chi connectivity index (χ4v) is 3.48. The largest absolute Gasteiger partial charge is 0.338 e. The summed E-state index contributed by atoms with van der Waals surface area (Å²) < 4.78 is 3.64. The molecular weight excluding hydrogens is 334 g/mol. The summed E-state index contributed by atoms with van der Waals surface area (Å²) in [5.41, 5.74) is -0.632. The fraction of sp³-hybridized carbons (Fsp3) is 0.600. The van der Waals surface area contributed by atoms with Crippen LogP contribution in [0.15, 0.2) is 9.59 Å². The van der Waals surface area contributed by atoms with Crippen molar-refractivity contribution in [1.29, 1.82) is 0 Å². The minimum Gasteiger partial charge on any atom is -0.338 e. The first-order chi connectivity index (χ1) is 11.3. The summed E-state index contributed by atoms with van der Waals surface area (Å²) in [6.07, 6.45) is 3.06. The number of carbonyl (C=O) groups is 1. The van der Waals surface area contributed by atoms with E-state index in [9.17, 15) is 14.4 Å². The van der Waals surface area contributed by atoms with Gasteiger partial charge in [-0.05, 0) is 37.8 Å². The van der Waals surface area contributed by atoms with Gasteiger partial charge in [-0.3, -0.25) is 23.3 Å². The molecule has 0 aromatic carbocycles. The molecular formula is C15H20ClN5O3. The third kappa shape index (κ3) is 2.54. The van der Waals surface area contributed by atoms with Crippen LogP contribution in [-0.4, -0.2) is 42.1 Å². The Morgan fingerprint density at radius 2 is 1.96 bits per heavy atom. The van der Waals surface area contributed by atoms with Crippen LogP contribution in [-0.2, 0) is 25.4 Å². The molecule has 8 nitrogen and oxygen atoms in total. The van der Waals surface area contributed by atoms with E-state index in [1.54, 1.807) is 0 Å². The molecule has 9 heteroatoms. The Hall–Kier alpha value is -2.09. The number of hydrogen-bond acceptors (Lipinski definition) is 4. The first kappa shape index (κ1) is 16.8. The lowest BCUT2D eigenvalue weighted by Crippen LogP contribution is -2.44. The minimum absolute atomic E-state index is 0.0290. The molecule has 0 bridgehead atoms. The van der Waals surface area contributed by atoms with Gasteiger partial charge in [-0.15, -0.1) is 0 Å². The maximum absolute atomic E-state index is 12.7. The smallest absolute Gasteiger partial charge is 0.332 e. The van der Waals surface area contributed by atoms with Gasteiger partial charge in [0.05, 0.1) is 0 Å². The first-order valence-corrected chi connectivity index (χ1v) is 8.32. The maximum Gasteiger partial charge on any atom is 0.332 e. The minimum atomic E-state index is -0.507. The van der Waals surface area contributed by atoms with Crippen molar-refractivity contribution in [3.8, 4) is 0 Å². The highest BCUT2D eigenvalue weighted by Crippen LogP contribution is 2.19. The lowest BCUT2D eigenvalue weighted by molar-refractivity contribution is -0.135. The first-order valence-electron chi connectivity index (χ1n) is 7.94. The van der Waals surface area contributed by atoms with E-state index in [1.807, 2.05) is 11.8 Å². The molecule has 0 N–H and O–H groups in total. The van der Waals surface area contributed by atoms with E-state index in [1.165, 1.54) is 23.2 Å². The number of nitrogens with zero attached hydrogens (tertiary/aromatic N) is 5. The number of carbonyl (C=O) groups excluding carboxylic acids is 1. The second-order valence-electron chi connectivity index (χ2n) is 6.28. The SMILES string of the molecule is C[C@H]1CCCCN1C(=O)Cn1c(Cl)nc2c1c(=O)n(C)c(=O)n2C. The Balaban J connectivity index is 2.07. The Morgan fingerprint density at radius 3 is 2.62 bits per heavy atom. The lowest BCUT2D eigenvalue weighted by Gasteiger charge is -2.33. The Labute approximate surface area is 143 Å². The Morgan fingerprint density at radius 1 is 1.25 bits per heavy atom. The summed E-state index contributed by atoms with van der Waals surface area (Å²) in [6, 6.07) is 0.173. The molecule has 3 rings (SSSR count). The zero-order chi connectivity index (χ0) is 17.6. The molecule has 24 heavy (non-hydrogen) atoms. The van der Waals surface area contributed by atoms with Crippen molar-refractivity contribution in [2.45, 2.75) is 38.8 Å². The van der Waals surface area contributed by atoms with Crippen molar-refractivity contribution in [2.24, 2.45) is 14.1 Å². The molecule has 0 radical (unpaired) electrons. The van der Waals surface area contributed by atoms with Gasteiger partial charge in [-0.2, -0.15) is 4.98 Å². The molecule has 1 saturated heterocycles. The lowest BCUT2D eigenvalue weighted by atomic mass is 10.0. The van der Waals surface area contributed by atoms with Crippen molar-refractivity contribution in [2.75, 3.05) is 6.54 Å². The molecule has 0 saturated carbocycles. The van der Waals surface area contributed by atoms with Crippen LogP contribution < -0.4 is 11.2 Å². The summed E-state index contributed by atoms with van der Waals surface area (Å²) in [5.74, 6) is -0.0979. The van der Waals surface area contributed by atoms with Crippen molar-refractivity contribution in [1.82, 2.24) is 23.6 Å². The zero-order valence-corrected chi connectivity index (χ0v) is 14.7. The standard InChI is InChI=1S/C15H20ClN5O3/c1-9-6-4-5-7-20(9)10(22)8-21-11-12(17-14(21)16)18(2)15(24)19(3)13(11)23/h9H,4-8H2,1-3H3/t9-/m0/s1. The van der Waals surface area contributed by atoms with Crippen LogP contribution in [0.2, 0.25) is 5.28 Å².